The van der Waals surface area contributed by atoms with Crippen LogP contribution in [0.4, 0.5) is 0 Å². The van der Waals surface area contributed by atoms with Gasteiger partial charge in [0.1, 0.15) is 0 Å². The van der Waals surface area contributed by atoms with Crippen LogP contribution in [0.5, 0.6) is 0 Å². The van der Waals surface area contributed by atoms with Crippen molar-refractivity contribution in [3.63, 3.8) is 0 Å². The molecule has 3 fully saturated rings. The predicted octanol–water partition coefficient (Wildman–Crippen LogP) is -0.750. The summed E-state index contributed by atoms with van der Waals surface area (Å²) < 4.78 is 0. The maximum Gasteiger partial charge on any atom is 0.227 e. The number of carbonyl (C=O) groups is 3. The third-order valence-corrected chi connectivity index (χ3v) is 4.50. The zero-order chi connectivity index (χ0) is 13.4. The number of piperidine rings is 2. The fraction of sp³-hybridized carbons (Fsp3) is 0.769. The normalized spacial score (nSPS) is 34.5. The molecule has 104 valence electrons. The number of hydrogen-bond donors (Lipinski definition) is 2. The molecule has 6 heteroatoms. The largest absolute Gasteiger partial charge is 0.355 e. The van der Waals surface area contributed by atoms with Crippen LogP contribution >= 0.6 is 0 Å². The van der Waals surface area contributed by atoms with E-state index in [9.17, 15) is 14.4 Å². The van der Waals surface area contributed by atoms with Gasteiger partial charge in [-0.1, -0.05) is 0 Å². The van der Waals surface area contributed by atoms with Crippen molar-refractivity contribution in [1.29, 1.82) is 0 Å². The Hall–Kier alpha value is -1.59. The van der Waals surface area contributed by atoms with Gasteiger partial charge in [0.2, 0.25) is 17.7 Å². The highest BCUT2D eigenvalue weighted by Crippen LogP contribution is 2.29. The van der Waals surface area contributed by atoms with Gasteiger partial charge in [-0.3, -0.25) is 14.4 Å². The van der Waals surface area contributed by atoms with Crippen LogP contribution in [0.15, 0.2) is 0 Å². The minimum Gasteiger partial charge on any atom is -0.355 e. The standard InChI is InChI=1S/C13H19N3O3/c17-11-4-3-8(6-14-11)13(19)16-5-1-2-9-10(16)7-15-12(9)18/h8-10H,1-7H2,(H,14,17)(H,15,18). The van der Waals surface area contributed by atoms with Crippen molar-refractivity contribution in [2.24, 2.45) is 11.8 Å². The summed E-state index contributed by atoms with van der Waals surface area (Å²) in [4.78, 5) is 37.2. The summed E-state index contributed by atoms with van der Waals surface area (Å²) in [5.41, 5.74) is 0. The van der Waals surface area contributed by atoms with Gasteiger partial charge in [0.25, 0.3) is 0 Å². The van der Waals surface area contributed by atoms with Crippen molar-refractivity contribution >= 4 is 17.7 Å². The summed E-state index contributed by atoms with van der Waals surface area (Å²) in [6.07, 6.45) is 2.82. The van der Waals surface area contributed by atoms with Crippen molar-refractivity contribution < 1.29 is 14.4 Å². The van der Waals surface area contributed by atoms with E-state index in [0.29, 0.717) is 25.9 Å². The molecule has 0 bridgehead atoms. The second kappa shape index (κ2) is 4.83. The molecule has 19 heavy (non-hydrogen) atoms. The second-order valence-corrected chi connectivity index (χ2v) is 5.63. The Morgan fingerprint density at radius 2 is 2.00 bits per heavy atom. The van der Waals surface area contributed by atoms with E-state index in [1.54, 1.807) is 0 Å². The smallest absolute Gasteiger partial charge is 0.227 e. The second-order valence-electron chi connectivity index (χ2n) is 5.63. The number of carbonyl (C=O) groups excluding carboxylic acids is 3. The lowest BCUT2D eigenvalue weighted by Gasteiger charge is -2.38. The van der Waals surface area contributed by atoms with Crippen molar-refractivity contribution in [3.05, 3.63) is 0 Å². The number of fused-ring (bicyclic) bond motifs is 1. The van der Waals surface area contributed by atoms with E-state index in [4.69, 9.17) is 0 Å². The van der Waals surface area contributed by atoms with E-state index in [-0.39, 0.29) is 35.6 Å². The van der Waals surface area contributed by atoms with Crippen molar-refractivity contribution in [2.45, 2.75) is 31.7 Å². The lowest BCUT2D eigenvalue weighted by atomic mass is 9.89. The summed E-state index contributed by atoms with van der Waals surface area (Å²) in [5.74, 6) is 0.0620. The molecule has 3 heterocycles. The number of nitrogens with zero attached hydrogens (tertiary/aromatic N) is 1. The fourth-order valence-corrected chi connectivity index (χ4v) is 3.40. The van der Waals surface area contributed by atoms with Crippen LogP contribution in [0.3, 0.4) is 0 Å². The van der Waals surface area contributed by atoms with Crippen LogP contribution in [0, 0.1) is 11.8 Å². The number of amides is 3. The Kier molecular flexibility index (Phi) is 3.16. The molecule has 0 radical (unpaired) electrons. The highest BCUT2D eigenvalue weighted by atomic mass is 16.2. The Morgan fingerprint density at radius 1 is 1.16 bits per heavy atom. The first kappa shape index (κ1) is 12.4. The van der Waals surface area contributed by atoms with Crippen LogP contribution < -0.4 is 10.6 Å². The van der Waals surface area contributed by atoms with Gasteiger partial charge in [0.05, 0.1) is 17.9 Å². The maximum absolute atomic E-state index is 12.5. The molecule has 3 amide bonds. The van der Waals surface area contributed by atoms with E-state index in [0.717, 1.165) is 19.4 Å². The average Bonchev–Trinajstić information content (AvgIpc) is 2.81. The number of rotatable bonds is 1. The SMILES string of the molecule is O=C1CCC(C(=O)N2CCCC3C(=O)NCC32)CN1. The third kappa shape index (κ3) is 2.19. The Labute approximate surface area is 111 Å². The molecule has 3 aliphatic heterocycles. The molecule has 3 atom stereocenters. The summed E-state index contributed by atoms with van der Waals surface area (Å²) in [5, 5.41) is 5.61. The predicted molar refractivity (Wildman–Crippen MR) is 67.0 cm³/mol. The number of likely N-dealkylation sites (tertiary alicyclic amines) is 1. The van der Waals surface area contributed by atoms with E-state index in [2.05, 4.69) is 10.6 Å². The molecule has 3 unspecified atom stereocenters. The summed E-state index contributed by atoms with van der Waals surface area (Å²) in [6.45, 7) is 1.75. The zero-order valence-corrected chi connectivity index (χ0v) is 10.9. The fourth-order valence-electron chi connectivity index (χ4n) is 3.40. The first-order valence-electron chi connectivity index (χ1n) is 7.01. The molecule has 0 aromatic heterocycles. The summed E-state index contributed by atoms with van der Waals surface area (Å²) >= 11 is 0. The molecule has 3 rings (SSSR count). The van der Waals surface area contributed by atoms with Crippen molar-refractivity contribution in [3.8, 4) is 0 Å². The zero-order valence-electron chi connectivity index (χ0n) is 10.9. The molecule has 0 saturated carbocycles. The lowest BCUT2D eigenvalue weighted by molar-refractivity contribution is -0.142. The third-order valence-electron chi connectivity index (χ3n) is 4.50. The molecule has 0 spiro atoms. The van der Waals surface area contributed by atoms with Crippen LogP contribution in [0.25, 0.3) is 0 Å². The van der Waals surface area contributed by atoms with Crippen molar-refractivity contribution in [2.75, 3.05) is 19.6 Å². The van der Waals surface area contributed by atoms with Gasteiger partial charge in [-0.15, -0.1) is 0 Å². The molecular weight excluding hydrogens is 246 g/mol. The van der Waals surface area contributed by atoms with Crippen LogP contribution in [-0.2, 0) is 14.4 Å². The molecule has 0 aromatic carbocycles. The van der Waals surface area contributed by atoms with Gasteiger partial charge in [-0.05, 0) is 19.3 Å². The van der Waals surface area contributed by atoms with Crippen LogP contribution in [0.2, 0.25) is 0 Å². The van der Waals surface area contributed by atoms with E-state index in [1.165, 1.54) is 0 Å². The molecule has 2 N–H and O–H groups in total. The lowest BCUT2D eigenvalue weighted by Crippen LogP contribution is -2.53. The van der Waals surface area contributed by atoms with Gasteiger partial charge in [-0.25, -0.2) is 0 Å². The molecule has 0 aliphatic carbocycles. The van der Waals surface area contributed by atoms with E-state index in [1.807, 2.05) is 4.90 Å². The van der Waals surface area contributed by atoms with Gasteiger partial charge < -0.3 is 15.5 Å². The van der Waals surface area contributed by atoms with Crippen LogP contribution in [-0.4, -0.2) is 48.3 Å². The minimum absolute atomic E-state index is 0.0198. The first-order chi connectivity index (χ1) is 9.16. The molecular formula is C13H19N3O3. The van der Waals surface area contributed by atoms with E-state index >= 15 is 0 Å². The quantitative estimate of drug-likeness (QED) is 0.655. The summed E-state index contributed by atoms with van der Waals surface area (Å²) in [7, 11) is 0. The molecule has 3 saturated heterocycles. The number of hydrogen-bond acceptors (Lipinski definition) is 3. The summed E-state index contributed by atoms with van der Waals surface area (Å²) in [6, 6.07) is 0.0198. The highest BCUT2D eigenvalue weighted by Gasteiger charge is 2.44. The monoisotopic (exact) mass is 265 g/mol. The van der Waals surface area contributed by atoms with E-state index < -0.39 is 0 Å². The average molecular weight is 265 g/mol. The Morgan fingerprint density at radius 3 is 2.74 bits per heavy atom. The molecule has 6 nitrogen and oxygen atoms in total. The Bertz CT molecular complexity index is 413. The minimum atomic E-state index is -0.118. The van der Waals surface area contributed by atoms with Gasteiger partial charge >= 0.3 is 0 Å². The topological polar surface area (TPSA) is 78.5 Å². The molecule has 3 aliphatic rings. The Balaban J connectivity index is 1.69. The maximum atomic E-state index is 12.5. The van der Waals surface area contributed by atoms with Gasteiger partial charge in [-0.2, -0.15) is 0 Å². The highest BCUT2D eigenvalue weighted by molar-refractivity contribution is 5.87. The van der Waals surface area contributed by atoms with Crippen molar-refractivity contribution in [1.82, 2.24) is 15.5 Å². The van der Waals surface area contributed by atoms with Crippen LogP contribution in [0.1, 0.15) is 25.7 Å². The number of nitrogens with one attached hydrogen (secondary N) is 2. The van der Waals surface area contributed by atoms with Gasteiger partial charge in [0, 0.05) is 26.1 Å². The molecule has 0 aromatic rings. The van der Waals surface area contributed by atoms with Gasteiger partial charge in [0.15, 0.2) is 0 Å². The first-order valence-corrected chi connectivity index (χ1v) is 7.01.